The fourth-order valence-electron chi connectivity index (χ4n) is 2.54. The van der Waals surface area contributed by atoms with Gasteiger partial charge < -0.3 is 0 Å². The highest BCUT2D eigenvalue weighted by atomic mass is 35.5. The van der Waals surface area contributed by atoms with Gasteiger partial charge in [0.15, 0.2) is 0 Å². The standard InChI is InChI=1S/C15H6Cl6N8/c16-7-1-8(17)4-11(3-7)28-13(22-24-26-28)15(20,21)14-23-25-27-29(14)12-5-9(18)2-10(19)6-12/h1-6H. The molecule has 0 bridgehead atoms. The molecule has 29 heavy (non-hydrogen) atoms. The highest BCUT2D eigenvalue weighted by Gasteiger charge is 2.42. The molecule has 0 radical (unpaired) electrons. The van der Waals surface area contributed by atoms with E-state index >= 15 is 0 Å². The number of rotatable bonds is 4. The van der Waals surface area contributed by atoms with Crippen molar-refractivity contribution in [3.63, 3.8) is 0 Å². The van der Waals surface area contributed by atoms with Gasteiger partial charge in [0.2, 0.25) is 16.0 Å². The summed E-state index contributed by atoms with van der Waals surface area (Å²) in [6.07, 6.45) is 0. The molecule has 0 saturated carbocycles. The molecule has 2 aromatic carbocycles. The summed E-state index contributed by atoms with van der Waals surface area (Å²) in [5, 5.41) is 24.5. The lowest BCUT2D eigenvalue weighted by Crippen LogP contribution is -2.24. The molecule has 14 heteroatoms. The molecule has 0 atom stereocenters. The van der Waals surface area contributed by atoms with Crippen LogP contribution in [0.3, 0.4) is 0 Å². The maximum Gasteiger partial charge on any atom is 0.240 e. The second-order valence-corrected chi connectivity index (χ2v) is 8.73. The SMILES string of the molecule is Clc1cc(Cl)cc(-n2nnnc2C(Cl)(Cl)c2nnnn2-c2cc(Cl)cc(Cl)c2)c1. The van der Waals surface area contributed by atoms with E-state index in [1.807, 2.05) is 0 Å². The summed E-state index contributed by atoms with van der Waals surface area (Å²) in [7, 11) is 0. The van der Waals surface area contributed by atoms with Crippen molar-refractivity contribution in [2.45, 2.75) is 4.33 Å². The van der Waals surface area contributed by atoms with Crippen molar-refractivity contribution >= 4 is 69.6 Å². The molecular weight excluding hydrogens is 505 g/mol. The maximum atomic E-state index is 6.65. The predicted octanol–water partition coefficient (Wildman–Crippen LogP) is 4.93. The summed E-state index contributed by atoms with van der Waals surface area (Å²) in [5.41, 5.74) is 0.885. The van der Waals surface area contributed by atoms with Gasteiger partial charge in [0.1, 0.15) is 0 Å². The first-order valence-corrected chi connectivity index (χ1v) is 9.91. The van der Waals surface area contributed by atoms with Gasteiger partial charge in [-0.1, -0.05) is 69.6 Å². The van der Waals surface area contributed by atoms with E-state index < -0.39 is 4.33 Å². The van der Waals surface area contributed by atoms with Crippen molar-refractivity contribution in [1.29, 1.82) is 0 Å². The summed E-state index contributed by atoms with van der Waals surface area (Å²) in [6.45, 7) is 0. The van der Waals surface area contributed by atoms with E-state index in [1.165, 1.54) is 9.36 Å². The van der Waals surface area contributed by atoms with Gasteiger partial charge in [0.25, 0.3) is 0 Å². The molecular formula is C15H6Cl6N8. The molecule has 0 unspecified atom stereocenters. The Hall–Kier alpha value is -1.68. The van der Waals surface area contributed by atoms with Crippen LogP contribution >= 0.6 is 69.6 Å². The number of hydrogen-bond acceptors (Lipinski definition) is 6. The zero-order valence-electron chi connectivity index (χ0n) is 13.8. The minimum Gasteiger partial charge on any atom is -0.194 e. The van der Waals surface area contributed by atoms with E-state index in [1.54, 1.807) is 36.4 Å². The molecule has 0 N–H and O–H groups in total. The minimum atomic E-state index is -1.86. The number of tetrazole rings is 2. The Balaban J connectivity index is 1.85. The molecule has 8 nitrogen and oxygen atoms in total. The second-order valence-electron chi connectivity index (χ2n) is 5.66. The lowest BCUT2D eigenvalue weighted by atomic mass is 10.2. The lowest BCUT2D eigenvalue weighted by molar-refractivity contribution is 0.704. The zero-order chi connectivity index (χ0) is 20.8. The number of halogens is 6. The Kier molecular flexibility index (Phi) is 5.58. The third-order valence-corrected chi connectivity index (χ3v) is 5.23. The Labute approximate surface area is 193 Å². The molecule has 0 aliphatic carbocycles. The molecule has 2 heterocycles. The van der Waals surface area contributed by atoms with Gasteiger partial charge in [-0.25, -0.2) is 0 Å². The van der Waals surface area contributed by atoms with Crippen molar-refractivity contribution in [3.05, 3.63) is 68.1 Å². The number of nitrogens with zero attached hydrogens (tertiary/aromatic N) is 8. The first kappa shape index (κ1) is 20.6. The molecule has 0 spiro atoms. The number of benzene rings is 2. The van der Waals surface area contributed by atoms with Crippen LogP contribution in [0.2, 0.25) is 20.1 Å². The fraction of sp³-hybridized carbons (Fsp3) is 0.0667. The number of alkyl halides is 2. The molecule has 0 aliphatic rings. The first-order chi connectivity index (χ1) is 13.8. The minimum absolute atomic E-state index is 0.0170. The van der Waals surface area contributed by atoms with Crippen molar-refractivity contribution < 1.29 is 0 Å². The average Bonchev–Trinajstić information content (AvgIpc) is 3.30. The van der Waals surface area contributed by atoms with E-state index in [2.05, 4.69) is 31.1 Å². The van der Waals surface area contributed by atoms with Crippen LogP contribution in [0.25, 0.3) is 11.4 Å². The van der Waals surface area contributed by atoms with Gasteiger partial charge in [0, 0.05) is 20.1 Å². The Morgan fingerprint density at radius 1 is 0.586 bits per heavy atom. The molecule has 148 valence electrons. The smallest absolute Gasteiger partial charge is 0.194 e. The molecule has 0 fully saturated rings. The Bertz CT molecular complexity index is 1070. The number of aromatic nitrogens is 8. The third kappa shape index (κ3) is 4.01. The molecule has 0 saturated heterocycles. The molecule has 4 aromatic rings. The fourth-order valence-corrected chi connectivity index (χ4v) is 4.04. The normalized spacial score (nSPS) is 11.8. The monoisotopic (exact) mass is 508 g/mol. The Morgan fingerprint density at radius 2 is 0.931 bits per heavy atom. The highest BCUT2D eigenvalue weighted by Crippen LogP contribution is 2.40. The summed E-state index contributed by atoms with van der Waals surface area (Å²) in [5.74, 6) is 0.0340. The quantitative estimate of drug-likeness (QED) is 0.362. The summed E-state index contributed by atoms with van der Waals surface area (Å²) < 4.78 is 0.694. The van der Waals surface area contributed by atoms with E-state index in [0.29, 0.717) is 31.5 Å². The zero-order valence-corrected chi connectivity index (χ0v) is 18.3. The average molecular weight is 511 g/mol. The van der Waals surface area contributed by atoms with Crippen LogP contribution in [0, 0.1) is 0 Å². The van der Waals surface area contributed by atoms with Crippen LogP contribution in [0.1, 0.15) is 11.6 Å². The van der Waals surface area contributed by atoms with Crippen LogP contribution < -0.4 is 0 Å². The van der Waals surface area contributed by atoms with Gasteiger partial charge in [-0.05, 0) is 57.3 Å². The predicted molar refractivity (Wildman–Crippen MR) is 111 cm³/mol. The molecule has 4 rings (SSSR count). The van der Waals surface area contributed by atoms with Crippen LogP contribution in [0.4, 0.5) is 0 Å². The molecule has 0 amide bonds. The van der Waals surface area contributed by atoms with Crippen LogP contribution in [0.5, 0.6) is 0 Å². The third-order valence-electron chi connectivity index (χ3n) is 3.68. The van der Waals surface area contributed by atoms with Crippen molar-refractivity contribution in [2.75, 3.05) is 0 Å². The molecule has 0 aliphatic heterocycles. The highest BCUT2D eigenvalue weighted by molar-refractivity contribution is 6.49. The van der Waals surface area contributed by atoms with Gasteiger partial charge >= 0.3 is 0 Å². The van der Waals surface area contributed by atoms with Gasteiger partial charge in [0.05, 0.1) is 11.4 Å². The van der Waals surface area contributed by atoms with Crippen LogP contribution in [0.15, 0.2) is 36.4 Å². The second kappa shape index (κ2) is 7.86. The van der Waals surface area contributed by atoms with Crippen molar-refractivity contribution in [2.24, 2.45) is 0 Å². The summed E-state index contributed by atoms with van der Waals surface area (Å²) >= 11 is 37.6. The first-order valence-electron chi connectivity index (χ1n) is 7.64. The largest absolute Gasteiger partial charge is 0.240 e. The van der Waals surface area contributed by atoms with Crippen molar-refractivity contribution in [1.82, 2.24) is 40.4 Å². The van der Waals surface area contributed by atoms with Gasteiger partial charge in [-0.15, -0.1) is 10.2 Å². The maximum absolute atomic E-state index is 6.65. The lowest BCUT2D eigenvalue weighted by Gasteiger charge is -2.18. The van der Waals surface area contributed by atoms with Crippen LogP contribution in [-0.2, 0) is 4.33 Å². The van der Waals surface area contributed by atoms with Crippen molar-refractivity contribution in [3.8, 4) is 11.4 Å². The van der Waals surface area contributed by atoms with E-state index in [0.717, 1.165) is 0 Å². The van der Waals surface area contributed by atoms with Crippen LogP contribution in [-0.4, -0.2) is 40.4 Å². The molecule has 2 aromatic heterocycles. The van der Waals surface area contributed by atoms with E-state index in [-0.39, 0.29) is 11.6 Å². The van der Waals surface area contributed by atoms with E-state index in [9.17, 15) is 0 Å². The van der Waals surface area contributed by atoms with E-state index in [4.69, 9.17) is 69.6 Å². The Morgan fingerprint density at radius 3 is 1.28 bits per heavy atom. The summed E-state index contributed by atoms with van der Waals surface area (Å²) in [6, 6.07) is 9.50. The topological polar surface area (TPSA) is 87.2 Å². The summed E-state index contributed by atoms with van der Waals surface area (Å²) in [4.78, 5) is 0. The number of hydrogen-bond donors (Lipinski definition) is 0. The van der Waals surface area contributed by atoms with Gasteiger partial charge in [-0.2, -0.15) is 9.36 Å². The van der Waals surface area contributed by atoms with Gasteiger partial charge in [-0.3, -0.25) is 0 Å².